The maximum absolute atomic E-state index is 3.65. The Morgan fingerprint density at radius 2 is 2.17 bits per heavy atom. The van der Waals surface area contributed by atoms with Crippen LogP contribution in [0.3, 0.4) is 0 Å². The molecule has 0 saturated heterocycles. The summed E-state index contributed by atoms with van der Waals surface area (Å²) >= 11 is 3.55. The van der Waals surface area contributed by atoms with Crippen LogP contribution in [0.25, 0.3) is 0 Å². The highest BCUT2D eigenvalue weighted by molar-refractivity contribution is 9.10. The number of halogens is 1. The molecule has 1 atom stereocenters. The van der Waals surface area contributed by atoms with Crippen LogP contribution in [0, 0.1) is 6.92 Å². The molecule has 1 nitrogen and oxygen atoms in total. The molecule has 0 radical (unpaired) electrons. The summed E-state index contributed by atoms with van der Waals surface area (Å²) in [5.41, 5.74) is 4.36. The van der Waals surface area contributed by atoms with Gasteiger partial charge in [0.1, 0.15) is 0 Å². The molecule has 2 rings (SSSR count). The van der Waals surface area contributed by atoms with E-state index >= 15 is 0 Å². The average Bonchev–Trinajstić information content (AvgIpc) is 2.38. The number of benzene rings is 1. The topological polar surface area (TPSA) is 12.0 Å². The first-order chi connectivity index (χ1) is 8.72. The number of hydrogen-bond acceptors (Lipinski definition) is 1. The van der Waals surface area contributed by atoms with Crippen LogP contribution < -0.4 is 5.32 Å². The van der Waals surface area contributed by atoms with Crippen LogP contribution in [0.15, 0.2) is 34.3 Å². The lowest BCUT2D eigenvalue weighted by atomic mass is 9.88. The number of likely N-dealkylation sites (N-methyl/N-ethyl adjacent to an activating group) is 1. The molecule has 0 aromatic heterocycles. The first-order valence-corrected chi connectivity index (χ1v) is 7.70. The lowest BCUT2D eigenvalue weighted by Crippen LogP contribution is -2.24. The van der Waals surface area contributed by atoms with E-state index in [1.807, 2.05) is 0 Å². The summed E-state index contributed by atoms with van der Waals surface area (Å²) in [6.07, 6.45) is 7.61. The third-order valence-corrected chi connectivity index (χ3v) is 4.14. The van der Waals surface area contributed by atoms with E-state index < -0.39 is 0 Å². The molecule has 1 aromatic carbocycles. The lowest BCUT2D eigenvalue weighted by Gasteiger charge is -2.26. The fourth-order valence-electron chi connectivity index (χ4n) is 2.73. The van der Waals surface area contributed by atoms with Crippen molar-refractivity contribution in [2.24, 2.45) is 0 Å². The molecular formula is C16H22BrN. The Kier molecular flexibility index (Phi) is 5.02. The molecule has 1 aromatic rings. The Hall–Kier alpha value is -0.600. The number of aryl methyl sites for hydroxylation is 1. The molecule has 98 valence electrons. The predicted octanol–water partition coefficient (Wildman–Crippen LogP) is 4.91. The van der Waals surface area contributed by atoms with Crippen LogP contribution in [0.4, 0.5) is 0 Å². The SMILES string of the molecule is CCNC(C1=CCCCC1)c1ccc(Br)cc1C. The van der Waals surface area contributed by atoms with Gasteiger partial charge in [-0.2, -0.15) is 0 Å². The second-order valence-electron chi connectivity index (χ2n) is 5.02. The summed E-state index contributed by atoms with van der Waals surface area (Å²) in [6, 6.07) is 7.02. The van der Waals surface area contributed by atoms with Gasteiger partial charge in [-0.15, -0.1) is 0 Å². The highest BCUT2D eigenvalue weighted by atomic mass is 79.9. The number of allylic oxidation sites excluding steroid dienone is 1. The van der Waals surface area contributed by atoms with Gasteiger partial charge in [-0.1, -0.05) is 40.6 Å². The molecule has 0 aliphatic heterocycles. The van der Waals surface area contributed by atoms with E-state index in [1.165, 1.54) is 36.8 Å². The summed E-state index contributed by atoms with van der Waals surface area (Å²) in [4.78, 5) is 0. The minimum absolute atomic E-state index is 0.406. The molecular weight excluding hydrogens is 286 g/mol. The molecule has 1 N–H and O–H groups in total. The molecule has 0 saturated carbocycles. The Morgan fingerprint density at radius 1 is 1.33 bits per heavy atom. The van der Waals surface area contributed by atoms with Crippen molar-refractivity contribution in [1.82, 2.24) is 5.32 Å². The van der Waals surface area contributed by atoms with Gasteiger partial charge in [-0.25, -0.2) is 0 Å². The zero-order chi connectivity index (χ0) is 13.0. The van der Waals surface area contributed by atoms with Crippen molar-refractivity contribution >= 4 is 15.9 Å². The first kappa shape index (κ1) is 13.8. The zero-order valence-corrected chi connectivity index (χ0v) is 12.9. The van der Waals surface area contributed by atoms with Gasteiger partial charge in [0.05, 0.1) is 6.04 Å². The zero-order valence-electron chi connectivity index (χ0n) is 11.3. The summed E-state index contributed by atoms with van der Waals surface area (Å²) < 4.78 is 1.16. The normalized spacial score (nSPS) is 17.4. The van der Waals surface area contributed by atoms with Gasteiger partial charge >= 0.3 is 0 Å². The van der Waals surface area contributed by atoms with E-state index in [4.69, 9.17) is 0 Å². The monoisotopic (exact) mass is 307 g/mol. The molecule has 0 bridgehead atoms. The fraction of sp³-hybridized carbons (Fsp3) is 0.500. The van der Waals surface area contributed by atoms with Crippen molar-refractivity contribution in [2.45, 2.75) is 45.6 Å². The Morgan fingerprint density at radius 3 is 2.78 bits per heavy atom. The van der Waals surface area contributed by atoms with Crippen molar-refractivity contribution < 1.29 is 0 Å². The number of hydrogen-bond donors (Lipinski definition) is 1. The van der Waals surface area contributed by atoms with Crippen LogP contribution in [-0.4, -0.2) is 6.54 Å². The van der Waals surface area contributed by atoms with Crippen molar-refractivity contribution in [3.05, 3.63) is 45.4 Å². The number of nitrogens with one attached hydrogen (secondary N) is 1. The number of rotatable bonds is 4. The van der Waals surface area contributed by atoms with Crippen LogP contribution in [0.5, 0.6) is 0 Å². The molecule has 18 heavy (non-hydrogen) atoms. The fourth-order valence-corrected chi connectivity index (χ4v) is 3.21. The second kappa shape index (κ2) is 6.53. The summed E-state index contributed by atoms with van der Waals surface area (Å²) in [5, 5.41) is 3.65. The third kappa shape index (κ3) is 3.24. The van der Waals surface area contributed by atoms with Crippen molar-refractivity contribution in [3.63, 3.8) is 0 Å². The van der Waals surface area contributed by atoms with Crippen LogP contribution in [-0.2, 0) is 0 Å². The minimum Gasteiger partial charge on any atom is -0.307 e. The summed E-state index contributed by atoms with van der Waals surface area (Å²) in [7, 11) is 0. The molecule has 2 heteroatoms. The first-order valence-electron chi connectivity index (χ1n) is 6.90. The maximum Gasteiger partial charge on any atom is 0.0538 e. The van der Waals surface area contributed by atoms with Crippen molar-refractivity contribution in [1.29, 1.82) is 0 Å². The van der Waals surface area contributed by atoms with Crippen LogP contribution >= 0.6 is 15.9 Å². The van der Waals surface area contributed by atoms with E-state index in [0.717, 1.165) is 11.0 Å². The lowest BCUT2D eigenvalue weighted by molar-refractivity contribution is 0.562. The van der Waals surface area contributed by atoms with E-state index in [-0.39, 0.29) is 0 Å². The summed E-state index contributed by atoms with van der Waals surface area (Å²) in [5.74, 6) is 0. The second-order valence-corrected chi connectivity index (χ2v) is 5.93. The Bertz CT molecular complexity index is 437. The van der Waals surface area contributed by atoms with E-state index in [2.05, 4.69) is 59.4 Å². The van der Waals surface area contributed by atoms with Crippen LogP contribution in [0.1, 0.15) is 49.8 Å². The quantitative estimate of drug-likeness (QED) is 0.779. The molecule has 0 spiro atoms. The minimum atomic E-state index is 0.406. The van der Waals surface area contributed by atoms with Gasteiger partial charge < -0.3 is 5.32 Å². The molecule has 1 aliphatic carbocycles. The van der Waals surface area contributed by atoms with Crippen molar-refractivity contribution in [3.8, 4) is 0 Å². The third-order valence-electron chi connectivity index (χ3n) is 3.65. The average molecular weight is 308 g/mol. The van der Waals surface area contributed by atoms with E-state index in [1.54, 1.807) is 5.57 Å². The molecule has 0 heterocycles. The van der Waals surface area contributed by atoms with Gasteiger partial charge in [0, 0.05) is 4.47 Å². The largest absolute Gasteiger partial charge is 0.307 e. The Balaban J connectivity index is 2.31. The standard InChI is InChI=1S/C16H22BrN/c1-3-18-16(13-7-5-4-6-8-13)15-10-9-14(17)11-12(15)2/h7,9-11,16,18H,3-6,8H2,1-2H3. The maximum atomic E-state index is 3.65. The van der Waals surface area contributed by atoms with Gasteiger partial charge in [-0.3, -0.25) is 0 Å². The van der Waals surface area contributed by atoms with Gasteiger partial charge in [0.2, 0.25) is 0 Å². The Labute approximate surface area is 119 Å². The molecule has 1 unspecified atom stereocenters. The van der Waals surface area contributed by atoms with E-state index in [9.17, 15) is 0 Å². The molecule has 0 fully saturated rings. The van der Waals surface area contributed by atoms with Crippen LogP contribution in [0.2, 0.25) is 0 Å². The highest BCUT2D eigenvalue weighted by Gasteiger charge is 2.18. The van der Waals surface area contributed by atoms with Gasteiger partial charge in [0.15, 0.2) is 0 Å². The summed E-state index contributed by atoms with van der Waals surface area (Å²) in [6.45, 7) is 5.40. The highest BCUT2D eigenvalue weighted by Crippen LogP contribution is 2.32. The van der Waals surface area contributed by atoms with Gasteiger partial charge in [-0.05, 0) is 62.4 Å². The molecule has 1 aliphatic rings. The molecule has 0 amide bonds. The van der Waals surface area contributed by atoms with Crippen molar-refractivity contribution in [2.75, 3.05) is 6.54 Å². The predicted molar refractivity (Wildman–Crippen MR) is 81.8 cm³/mol. The van der Waals surface area contributed by atoms with Gasteiger partial charge in [0.25, 0.3) is 0 Å². The smallest absolute Gasteiger partial charge is 0.0538 e. The van der Waals surface area contributed by atoms with E-state index in [0.29, 0.717) is 6.04 Å².